The van der Waals surface area contributed by atoms with Crippen LogP contribution in [-0.4, -0.2) is 15.5 Å². The molecular weight excluding hydrogens is 398 g/mol. The molecule has 1 amide bonds. The van der Waals surface area contributed by atoms with E-state index in [4.69, 9.17) is 0 Å². The molecule has 0 unspecified atom stereocenters. The molecule has 3 rings (SSSR count). The second kappa shape index (κ2) is 7.29. The molecule has 2 aromatic carbocycles. The van der Waals surface area contributed by atoms with Crippen molar-refractivity contribution in [2.75, 3.05) is 0 Å². The first-order chi connectivity index (χ1) is 12.4. The Morgan fingerprint density at radius 2 is 1.88 bits per heavy atom. The van der Waals surface area contributed by atoms with Gasteiger partial charge in [0.15, 0.2) is 0 Å². The summed E-state index contributed by atoms with van der Waals surface area (Å²) in [6.45, 7) is 4.07. The first-order valence-corrected chi connectivity index (χ1v) is 9.03. The van der Waals surface area contributed by atoms with Gasteiger partial charge in [-0.3, -0.25) is 14.4 Å². The Morgan fingerprint density at radius 3 is 2.54 bits per heavy atom. The van der Waals surface area contributed by atoms with Crippen molar-refractivity contribution in [2.24, 2.45) is 0 Å². The van der Waals surface area contributed by atoms with E-state index in [1.54, 1.807) is 25.1 Å². The number of benzene rings is 2. The van der Waals surface area contributed by atoms with Crippen molar-refractivity contribution in [2.45, 2.75) is 26.4 Å². The molecule has 0 radical (unpaired) electrons. The van der Waals surface area contributed by atoms with Crippen LogP contribution in [0.15, 0.2) is 56.5 Å². The highest BCUT2D eigenvalue weighted by Gasteiger charge is 2.13. The van der Waals surface area contributed by atoms with Crippen molar-refractivity contribution in [3.63, 3.8) is 0 Å². The Balaban J connectivity index is 1.91. The first kappa shape index (κ1) is 18.1. The van der Waals surface area contributed by atoms with E-state index >= 15 is 0 Å². The normalized spacial score (nSPS) is 12.1. The van der Waals surface area contributed by atoms with Gasteiger partial charge < -0.3 is 14.9 Å². The summed E-state index contributed by atoms with van der Waals surface area (Å²) >= 11 is 3.39. The molecule has 0 saturated carbocycles. The van der Waals surface area contributed by atoms with Crippen LogP contribution in [-0.2, 0) is 6.54 Å². The van der Waals surface area contributed by atoms with E-state index < -0.39 is 11.1 Å². The molecule has 2 N–H and O–H groups in total. The highest BCUT2D eigenvalue weighted by atomic mass is 79.9. The van der Waals surface area contributed by atoms with Crippen LogP contribution in [0.1, 0.15) is 35.8 Å². The predicted molar refractivity (Wildman–Crippen MR) is 105 cm³/mol. The van der Waals surface area contributed by atoms with Crippen molar-refractivity contribution in [3.8, 4) is 0 Å². The molecule has 1 atom stereocenters. The Labute approximate surface area is 158 Å². The SMILES string of the molecule is CCn1c(=O)c(=O)[nH]c2cc(C(=O)N[C@H](C)c3ccc(Br)cc3)ccc21. The Morgan fingerprint density at radius 1 is 1.19 bits per heavy atom. The molecular formula is C19H18BrN3O3. The smallest absolute Gasteiger partial charge is 0.316 e. The fourth-order valence-corrected chi connectivity index (χ4v) is 3.11. The fourth-order valence-electron chi connectivity index (χ4n) is 2.85. The molecule has 134 valence electrons. The molecule has 0 aliphatic carbocycles. The molecule has 1 aromatic heterocycles. The van der Waals surface area contributed by atoms with Gasteiger partial charge in [-0.2, -0.15) is 0 Å². The number of hydrogen-bond donors (Lipinski definition) is 2. The van der Waals surface area contributed by atoms with Gasteiger partial charge in [-0.25, -0.2) is 0 Å². The number of aryl methyl sites for hydroxylation is 1. The molecule has 0 spiro atoms. The highest BCUT2D eigenvalue weighted by molar-refractivity contribution is 9.10. The number of nitrogens with zero attached hydrogens (tertiary/aromatic N) is 1. The van der Waals surface area contributed by atoms with E-state index in [2.05, 4.69) is 26.2 Å². The Kier molecular flexibility index (Phi) is 5.08. The van der Waals surface area contributed by atoms with Crippen LogP contribution in [0.25, 0.3) is 11.0 Å². The van der Waals surface area contributed by atoms with Crippen LogP contribution in [0.2, 0.25) is 0 Å². The number of rotatable bonds is 4. The van der Waals surface area contributed by atoms with Crippen LogP contribution in [0.5, 0.6) is 0 Å². The molecule has 6 nitrogen and oxygen atoms in total. The molecule has 0 fully saturated rings. The van der Waals surface area contributed by atoms with Gasteiger partial charge in [0.2, 0.25) is 0 Å². The quantitative estimate of drug-likeness (QED) is 0.642. The van der Waals surface area contributed by atoms with Crippen LogP contribution < -0.4 is 16.4 Å². The summed E-state index contributed by atoms with van der Waals surface area (Å²) in [5.74, 6) is -0.252. The number of nitrogens with one attached hydrogen (secondary N) is 2. The lowest BCUT2D eigenvalue weighted by molar-refractivity contribution is 0.0940. The van der Waals surface area contributed by atoms with Crippen molar-refractivity contribution in [1.29, 1.82) is 0 Å². The molecule has 0 aliphatic rings. The number of fused-ring (bicyclic) bond motifs is 1. The molecule has 1 heterocycles. The molecule has 0 saturated heterocycles. The van der Waals surface area contributed by atoms with Gasteiger partial charge in [-0.05, 0) is 49.7 Å². The third-order valence-electron chi connectivity index (χ3n) is 4.27. The largest absolute Gasteiger partial charge is 0.346 e. The zero-order valence-corrected chi connectivity index (χ0v) is 16.0. The lowest BCUT2D eigenvalue weighted by Gasteiger charge is -2.15. The van der Waals surface area contributed by atoms with Gasteiger partial charge >= 0.3 is 11.1 Å². The Bertz CT molecular complexity index is 1080. The summed E-state index contributed by atoms with van der Waals surface area (Å²) in [5, 5.41) is 2.94. The standard InChI is InChI=1S/C19H18BrN3O3/c1-3-23-16-9-6-13(10-15(16)22-18(25)19(23)26)17(24)21-11(2)12-4-7-14(20)8-5-12/h4-11H,3H2,1-2H3,(H,21,24)(H,22,25)/t11-/m1/s1. The fraction of sp³-hybridized carbons (Fsp3) is 0.211. The number of hydrogen-bond acceptors (Lipinski definition) is 3. The zero-order valence-electron chi connectivity index (χ0n) is 14.4. The molecule has 0 aliphatic heterocycles. The Hall–Kier alpha value is -2.67. The monoisotopic (exact) mass is 415 g/mol. The average Bonchev–Trinajstić information content (AvgIpc) is 2.63. The third kappa shape index (κ3) is 3.48. The van der Waals surface area contributed by atoms with Crippen LogP contribution in [0.4, 0.5) is 0 Å². The summed E-state index contributed by atoms with van der Waals surface area (Å²) in [5.41, 5.74) is 1.16. The summed E-state index contributed by atoms with van der Waals surface area (Å²) in [7, 11) is 0. The summed E-state index contributed by atoms with van der Waals surface area (Å²) in [4.78, 5) is 38.8. The van der Waals surface area contributed by atoms with Crippen LogP contribution in [0, 0.1) is 0 Å². The van der Waals surface area contributed by atoms with E-state index in [0.717, 1.165) is 10.0 Å². The number of aromatic nitrogens is 2. The van der Waals surface area contributed by atoms with E-state index in [0.29, 0.717) is 23.1 Å². The number of carbonyl (C=O) groups excluding carboxylic acids is 1. The van der Waals surface area contributed by atoms with E-state index in [9.17, 15) is 14.4 Å². The maximum absolute atomic E-state index is 12.6. The molecule has 3 aromatic rings. The van der Waals surface area contributed by atoms with Crippen molar-refractivity contribution < 1.29 is 4.79 Å². The number of halogens is 1. The zero-order chi connectivity index (χ0) is 18.8. The van der Waals surface area contributed by atoms with Gasteiger partial charge in [0.05, 0.1) is 17.1 Å². The second-order valence-electron chi connectivity index (χ2n) is 5.98. The summed E-state index contributed by atoms with van der Waals surface area (Å²) < 4.78 is 2.36. The number of amides is 1. The van der Waals surface area contributed by atoms with Crippen molar-refractivity contribution >= 4 is 32.9 Å². The molecule has 26 heavy (non-hydrogen) atoms. The number of aromatic amines is 1. The van der Waals surface area contributed by atoms with Gasteiger partial charge in [0.25, 0.3) is 5.91 Å². The lowest BCUT2D eigenvalue weighted by atomic mass is 10.1. The van der Waals surface area contributed by atoms with Crippen molar-refractivity contribution in [1.82, 2.24) is 14.9 Å². The second-order valence-corrected chi connectivity index (χ2v) is 6.90. The molecule has 7 heteroatoms. The van der Waals surface area contributed by atoms with E-state index in [1.165, 1.54) is 4.57 Å². The average molecular weight is 416 g/mol. The van der Waals surface area contributed by atoms with Crippen LogP contribution >= 0.6 is 15.9 Å². The van der Waals surface area contributed by atoms with Crippen molar-refractivity contribution in [3.05, 3.63) is 78.8 Å². The highest BCUT2D eigenvalue weighted by Crippen LogP contribution is 2.18. The minimum atomic E-state index is -0.694. The maximum atomic E-state index is 12.6. The minimum absolute atomic E-state index is 0.171. The van der Waals surface area contributed by atoms with Gasteiger partial charge in [-0.1, -0.05) is 28.1 Å². The maximum Gasteiger partial charge on any atom is 0.316 e. The number of H-pyrrole nitrogens is 1. The summed E-state index contributed by atoms with van der Waals surface area (Å²) in [6, 6.07) is 12.5. The lowest BCUT2D eigenvalue weighted by Crippen LogP contribution is -2.36. The van der Waals surface area contributed by atoms with E-state index in [-0.39, 0.29) is 11.9 Å². The van der Waals surface area contributed by atoms with Crippen LogP contribution in [0.3, 0.4) is 0 Å². The van der Waals surface area contributed by atoms with Gasteiger partial charge in [0.1, 0.15) is 0 Å². The minimum Gasteiger partial charge on any atom is -0.346 e. The molecule has 0 bridgehead atoms. The van der Waals surface area contributed by atoms with Gasteiger partial charge in [-0.15, -0.1) is 0 Å². The van der Waals surface area contributed by atoms with Gasteiger partial charge in [0, 0.05) is 16.6 Å². The number of carbonyl (C=O) groups is 1. The third-order valence-corrected chi connectivity index (χ3v) is 4.80. The predicted octanol–water partition coefficient (Wildman–Crippen LogP) is 2.96. The van der Waals surface area contributed by atoms with E-state index in [1.807, 2.05) is 31.2 Å². The topological polar surface area (TPSA) is 84.0 Å². The summed E-state index contributed by atoms with van der Waals surface area (Å²) in [6.07, 6.45) is 0. The first-order valence-electron chi connectivity index (χ1n) is 8.24.